The van der Waals surface area contributed by atoms with Crippen molar-refractivity contribution in [3.05, 3.63) is 0 Å². The van der Waals surface area contributed by atoms with Crippen LogP contribution in [0.2, 0.25) is 0 Å². The maximum Gasteiger partial charge on any atom is 0.223 e. The number of hydrogen-bond acceptors (Lipinski definition) is 1. The first-order valence-corrected chi connectivity index (χ1v) is 8.88. The fraction of sp³-hybridized carbons (Fsp3) is 0.944. The summed E-state index contributed by atoms with van der Waals surface area (Å²) in [7, 11) is 0. The Hall–Kier alpha value is -0.530. The Morgan fingerprint density at radius 1 is 0.950 bits per heavy atom. The van der Waals surface area contributed by atoms with Gasteiger partial charge in [0, 0.05) is 18.5 Å². The molecule has 0 spiro atoms. The molecule has 1 rings (SSSR count). The molecule has 1 aliphatic rings. The lowest BCUT2D eigenvalue weighted by Gasteiger charge is -2.38. The van der Waals surface area contributed by atoms with Gasteiger partial charge < -0.3 is 4.90 Å². The Morgan fingerprint density at radius 3 is 2.30 bits per heavy atom. The van der Waals surface area contributed by atoms with Gasteiger partial charge in [0.2, 0.25) is 5.91 Å². The average molecular weight is 281 g/mol. The summed E-state index contributed by atoms with van der Waals surface area (Å²) in [5.74, 6) is 0.385. The minimum atomic E-state index is 0.0604. The molecule has 0 aromatic rings. The molecule has 20 heavy (non-hydrogen) atoms. The van der Waals surface area contributed by atoms with Crippen molar-refractivity contribution in [1.82, 2.24) is 4.90 Å². The van der Waals surface area contributed by atoms with Crippen LogP contribution < -0.4 is 0 Å². The van der Waals surface area contributed by atoms with Crippen molar-refractivity contribution in [2.24, 2.45) is 0 Å². The summed E-state index contributed by atoms with van der Waals surface area (Å²) in [4.78, 5) is 14.4. The van der Waals surface area contributed by atoms with E-state index in [0.717, 1.165) is 25.8 Å². The molecule has 2 nitrogen and oxygen atoms in total. The van der Waals surface area contributed by atoms with Gasteiger partial charge in [-0.1, -0.05) is 58.3 Å². The summed E-state index contributed by atoms with van der Waals surface area (Å²) in [6, 6.07) is 0. The van der Waals surface area contributed by atoms with Gasteiger partial charge >= 0.3 is 0 Å². The first kappa shape index (κ1) is 17.5. The van der Waals surface area contributed by atoms with Crippen LogP contribution >= 0.6 is 0 Å². The Balaban J connectivity index is 2.24. The molecule has 0 N–H and O–H groups in total. The highest BCUT2D eigenvalue weighted by atomic mass is 16.2. The summed E-state index contributed by atoms with van der Waals surface area (Å²) >= 11 is 0. The number of likely N-dealkylation sites (tertiary alicyclic amines) is 1. The zero-order chi connectivity index (χ0) is 14.8. The molecule has 1 fully saturated rings. The average Bonchev–Trinajstić information content (AvgIpc) is 2.63. The third kappa shape index (κ3) is 6.28. The van der Waals surface area contributed by atoms with E-state index in [-0.39, 0.29) is 5.54 Å². The second-order valence-electron chi connectivity index (χ2n) is 7.04. The minimum Gasteiger partial charge on any atom is -0.338 e. The van der Waals surface area contributed by atoms with Crippen LogP contribution in [0.3, 0.4) is 0 Å². The third-order valence-electron chi connectivity index (χ3n) is 4.70. The van der Waals surface area contributed by atoms with Crippen molar-refractivity contribution in [2.45, 2.75) is 103 Å². The maximum atomic E-state index is 12.2. The van der Waals surface area contributed by atoms with Crippen molar-refractivity contribution < 1.29 is 4.79 Å². The molecular formula is C18H35NO. The van der Waals surface area contributed by atoms with Gasteiger partial charge in [0.05, 0.1) is 0 Å². The summed E-state index contributed by atoms with van der Waals surface area (Å²) in [5, 5.41) is 0. The monoisotopic (exact) mass is 281 g/mol. The molecular weight excluding hydrogens is 246 g/mol. The van der Waals surface area contributed by atoms with Gasteiger partial charge in [0.25, 0.3) is 0 Å². The Kier molecular flexibility index (Phi) is 8.25. The van der Waals surface area contributed by atoms with Crippen molar-refractivity contribution in [2.75, 3.05) is 6.54 Å². The van der Waals surface area contributed by atoms with Crippen LogP contribution in [0.25, 0.3) is 0 Å². The number of hydrogen-bond donors (Lipinski definition) is 0. The molecule has 1 heterocycles. The van der Waals surface area contributed by atoms with Crippen LogP contribution in [0, 0.1) is 0 Å². The van der Waals surface area contributed by atoms with Crippen LogP contribution in [0.1, 0.15) is 97.8 Å². The Bertz CT molecular complexity index is 273. The summed E-state index contributed by atoms with van der Waals surface area (Å²) in [6.45, 7) is 7.75. The van der Waals surface area contributed by atoms with Gasteiger partial charge in [-0.15, -0.1) is 0 Å². The summed E-state index contributed by atoms with van der Waals surface area (Å²) in [6.07, 6.45) is 14.9. The molecule has 1 amide bonds. The number of carbonyl (C=O) groups excluding carboxylic acids is 1. The van der Waals surface area contributed by atoms with Crippen molar-refractivity contribution in [3.63, 3.8) is 0 Å². The Morgan fingerprint density at radius 2 is 1.60 bits per heavy atom. The molecule has 0 aliphatic carbocycles. The number of amides is 1. The summed E-state index contributed by atoms with van der Waals surface area (Å²) in [5.41, 5.74) is 0.0604. The predicted octanol–water partition coefficient (Wildman–Crippen LogP) is 5.31. The molecule has 1 aliphatic heterocycles. The molecule has 0 saturated carbocycles. The van der Waals surface area contributed by atoms with E-state index in [1.54, 1.807) is 0 Å². The third-order valence-corrected chi connectivity index (χ3v) is 4.70. The van der Waals surface area contributed by atoms with Gasteiger partial charge in [0.15, 0.2) is 0 Å². The maximum absolute atomic E-state index is 12.2. The van der Waals surface area contributed by atoms with Crippen LogP contribution in [0.5, 0.6) is 0 Å². The van der Waals surface area contributed by atoms with E-state index >= 15 is 0 Å². The van der Waals surface area contributed by atoms with Crippen LogP contribution in [0.4, 0.5) is 0 Å². The zero-order valence-corrected chi connectivity index (χ0v) is 14.0. The van der Waals surface area contributed by atoms with E-state index in [2.05, 4.69) is 25.7 Å². The van der Waals surface area contributed by atoms with Crippen LogP contribution in [0.15, 0.2) is 0 Å². The number of unbranched alkanes of at least 4 members (excludes halogenated alkanes) is 6. The fourth-order valence-corrected chi connectivity index (χ4v) is 3.27. The van der Waals surface area contributed by atoms with Gasteiger partial charge in [0.1, 0.15) is 0 Å². The normalized spacial score (nSPS) is 17.4. The standard InChI is InChI=1S/C18H35NO/c1-4-5-6-7-8-9-12-15-18(2,3)19-16-13-10-11-14-17(19)20/h4-16H2,1-3H3. The van der Waals surface area contributed by atoms with Crippen LogP contribution in [-0.4, -0.2) is 22.9 Å². The van der Waals surface area contributed by atoms with Crippen molar-refractivity contribution in [1.29, 1.82) is 0 Å². The van der Waals surface area contributed by atoms with Crippen molar-refractivity contribution >= 4 is 5.91 Å². The Labute approximate surface area is 126 Å². The lowest BCUT2D eigenvalue weighted by molar-refractivity contribution is -0.136. The second kappa shape index (κ2) is 9.41. The zero-order valence-electron chi connectivity index (χ0n) is 14.0. The molecule has 0 atom stereocenters. The number of nitrogens with zero attached hydrogens (tertiary/aromatic N) is 1. The van der Waals surface area contributed by atoms with Gasteiger partial charge in [-0.25, -0.2) is 0 Å². The van der Waals surface area contributed by atoms with E-state index in [1.165, 1.54) is 57.8 Å². The van der Waals surface area contributed by atoms with Gasteiger partial charge in [-0.3, -0.25) is 4.79 Å². The van der Waals surface area contributed by atoms with E-state index in [1.807, 2.05) is 0 Å². The molecule has 0 radical (unpaired) electrons. The minimum absolute atomic E-state index is 0.0604. The van der Waals surface area contributed by atoms with E-state index in [9.17, 15) is 4.79 Å². The number of carbonyl (C=O) groups is 1. The largest absolute Gasteiger partial charge is 0.338 e. The molecule has 2 heteroatoms. The van der Waals surface area contributed by atoms with Crippen molar-refractivity contribution in [3.8, 4) is 0 Å². The fourth-order valence-electron chi connectivity index (χ4n) is 3.27. The lowest BCUT2D eigenvalue weighted by Crippen LogP contribution is -2.47. The predicted molar refractivity (Wildman–Crippen MR) is 86.9 cm³/mol. The van der Waals surface area contributed by atoms with Gasteiger partial charge in [-0.05, 0) is 33.1 Å². The van der Waals surface area contributed by atoms with E-state index in [0.29, 0.717) is 5.91 Å². The molecule has 0 aromatic heterocycles. The molecule has 0 unspecified atom stereocenters. The SMILES string of the molecule is CCCCCCCCCC(C)(C)N1CCCCCC1=O. The summed E-state index contributed by atoms with van der Waals surface area (Å²) < 4.78 is 0. The highest BCUT2D eigenvalue weighted by Crippen LogP contribution is 2.26. The topological polar surface area (TPSA) is 20.3 Å². The number of rotatable bonds is 9. The second-order valence-corrected chi connectivity index (χ2v) is 7.04. The molecule has 0 aromatic carbocycles. The lowest BCUT2D eigenvalue weighted by atomic mass is 9.93. The van der Waals surface area contributed by atoms with E-state index < -0.39 is 0 Å². The van der Waals surface area contributed by atoms with Crippen LogP contribution in [-0.2, 0) is 4.79 Å². The van der Waals surface area contributed by atoms with E-state index in [4.69, 9.17) is 0 Å². The first-order valence-electron chi connectivity index (χ1n) is 8.88. The van der Waals surface area contributed by atoms with Gasteiger partial charge in [-0.2, -0.15) is 0 Å². The molecule has 0 bridgehead atoms. The highest BCUT2D eigenvalue weighted by molar-refractivity contribution is 5.77. The molecule has 118 valence electrons. The quantitative estimate of drug-likeness (QED) is 0.525. The highest BCUT2D eigenvalue weighted by Gasteiger charge is 2.30. The first-order chi connectivity index (χ1) is 9.58. The molecule has 1 saturated heterocycles. The smallest absolute Gasteiger partial charge is 0.223 e.